The van der Waals surface area contributed by atoms with Gasteiger partial charge in [-0.05, 0) is 6.92 Å². The Morgan fingerprint density at radius 2 is 1.79 bits per heavy atom. The highest BCUT2D eigenvalue weighted by atomic mass is 32.5. The first kappa shape index (κ1) is 13.6. The van der Waals surface area contributed by atoms with Gasteiger partial charge in [0, 0.05) is 26.0 Å². The molecular weight excluding hydrogens is 227 g/mol. The Balaban J connectivity index is 4.44. The quantitative estimate of drug-likeness (QED) is 0.315. The lowest BCUT2D eigenvalue weighted by molar-refractivity contribution is -0.135. The van der Waals surface area contributed by atoms with E-state index < -0.39 is 12.7 Å². The fraction of sp³-hybridized carbons (Fsp3) is 0.571. The molecule has 0 aliphatic carbocycles. The fourth-order valence-corrected chi connectivity index (χ4v) is 1.63. The van der Waals surface area contributed by atoms with E-state index in [2.05, 4.69) is 4.74 Å². The van der Waals surface area contributed by atoms with Crippen molar-refractivity contribution in [3.8, 4) is 0 Å². The summed E-state index contributed by atoms with van der Waals surface area (Å²) in [5.74, 6) is -0.222. The Hall–Kier alpha value is -0.420. The maximum Gasteiger partial charge on any atom is 0.379 e. The number of carbonyl (C=O) groups excluding carboxylic acids is 1. The fourth-order valence-electron chi connectivity index (χ4n) is 0.577. The maximum absolute atomic E-state index is 10.8. The minimum absolute atomic E-state index is 0.295. The van der Waals surface area contributed by atoms with Crippen molar-refractivity contribution < 1.29 is 23.1 Å². The largest absolute Gasteiger partial charge is 0.466 e. The Morgan fingerprint density at radius 1 is 1.29 bits per heavy atom. The Labute approximate surface area is 88.2 Å². The zero-order valence-corrected chi connectivity index (χ0v) is 10.2. The van der Waals surface area contributed by atoms with Crippen molar-refractivity contribution in [2.75, 3.05) is 21.3 Å². The standard InChI is InChI=1S/C7H13O5PS/c1-6(5-7(8)9-2)12-13(14,10-3)11-4/h5H,1-4H3/b6-5-. The summed E-state index contributed by atoms with van der Waals surface area (Å²) in [6.07, 6.45) is 1.17. The zero-order chi connectivity index (χ0) is 11.2. The summed E-state index contributed by atoms with van der Waals surface area (Å²) in [4.78, 5) is 10.8. The second-order valence-corrected chi connectivity index (χ2v) is 5.33. The highest BCUT2D eigenvalue weighted by molar-refractivity contribution is 8.07. The predicted molar refractivity (Wildman–Crippen MR) is 55.2 cm³/mol. The smallest absolute Gasteiger partial charge is 0.379 e. The molecule has 7 heteroatoms. The minimum Gasteiger partial charge on any atom is -0.466 e. The molecule has 0 unspecified atom stereocenters. The van der Waals surface area contributed by atoms with Crippen LogP contribution in [0.15, 0.2) is 11.8 Å². The molecule has 0 N–H and O–H groups in total. The van der Waals surface area contributed by atoms with Gasteiger partial charge in [-0.3, -0.25) is 0 Å². The summed E-state index contributed by atoms with van der Waals surface area (Å²) in [6.45, 7) is -1.18. The van der Waals surface area contributed by atoms with Crippen LogP contribution in [-0.4, -0.2) is 27.3 Å². The topological polar surface area (TPSA) is 54.0 Å². The van der Waals surface area contributed by atoms with Gasteiger partial charge in [0.1, 0.15) is 5.76 Å². The van der Waals surface area contributed by atoms with Crippen LogP contribution in [0.2, 0.25) is 0 Å². The van der Waals surface area contributed by atoms with E-state index in [0.717, 1.165) is 0 Å². The average Bonchev–Trinajstić information content (AvgIpc) is 2.17. The third-order valence-corrected chi connectivity index (χ3v) is 3.75. The molecule has 0 saturated carbocycles. The van der Waals surface area contributed by atoms with Crippen molar-refractivity contribution in [3.05, 3.63) is 11.8 Å². The van der Waals surface area contributed by atoms with Crippen LogP contribution in [0.4, 0.5) is 0 Å². The molecule has 0 aromatic heterocycles. The third kappa shape index (κ3) is 4.72. The van der Waals surface area contributed by atoms with Gasteiger partial charge < -0.3 is 18.3 Å². The monoisotopic (exact) mass is 240 g/mol. The van der Waals surface area contributed by atoms with Gasteiger partial charge in [0.2, 0.25) is 0 Å². The van der Waals surface area contributed by atoms with Crippen LogP contribution in [0.25, 0.3) is 0 Å². The van der Waals surface area contributed by atoms with E-state index in [9.17, 15) is 4.79 Å². The first-order chi connectivity index (χ1) is 6.47. The summed E-state index contributed by atoms with van der Waals surface area (Å²) in [5.41, 5.74) is 0. The van der Waals surface area contributed by atoms with Gasteiger partial charge in [0.05, 0.1) is 13.2 Å². The normalized spacial score (nSPS) is 12.4. The second kappa shape index (κ2) is 6.14. The van der Waals surface area contributed by atoms with Crippen LogP contribution in [0, 0.1) is 0 Å². The van der Waals surface area contributed by atoms with E-state index in [-0.39, 0.29) is 0 Å². The van der Waals surface area contributed by atoms with Crippen molar-refractivity contribution in [2.24, 2.45) is 0 Å². The highest BCUT2D eigenvalue weighted by Gasteiger charge is 2.18. The van der Waals surface area contributed by atoms with Crippen molar-refractivity contribution in [1.29, 1.82) is 0 Å². The molecule has 0 rings (SSSR count). The van der Waals surface area contributed by atoms with E-state index in [1.165, 1.54) is 27.4 Å². The summed E-state index contributed by atoms with van der Waals surface area (Å²) < 4.78 is 19.3. The number of esters is 1. The van der Waals surface area contributed by atoms with Gasteiger partial charge in [-0.25, -0.2) is 4.79 Å². The number of hydrogen-bond acceptors (Lipinski definition) is 6. The number of carbonyl (C=O) groups is 1. The molecule has 0 radical (unpaired) electrons. The maximum atomic E-state index is 10.8. The van der Waals surface area contributed by atoms with Crippen LogP contribution in [0.3, 0.4) is 0 Å². The van der Waals surface area contributed by atoms with Crippen LogP contribution < -0.4 is 0 Å². The van der Waals surface area contributed by atoms with Crippen LogP contribution in [0.5, 0.6) is 0 Å². The summed E-state index contributed by atoms with van der Waals surface area (Å²) in [6, 6.07) is 0. The Bertz CT molecular complexity index is 267. The minimum atomic E-state index is -2.75. The lowest BCUT2D eigenvalue weighted by atomic mass is 10.5. The van der Waals surface area contributed by atoms with Crippen molar-refractivity contribution in [1.82, 2.24) is 0 Å². The van der Waals surface area contributed by atoms with E-state index in [1.54, 1.807) is 6.92 Å². The number of allylic oxidation sites excluding steroid dienone is 1. The number of ether oxygens (including phenoxy) is 1. The Kier molecular flexibility index (Phi) is 5.95. The molecule has 0 aliphatic heterocycles. The summed E-state index contributed by atoms with van der Waals surface area (Å²) in [7, 11) is 4.04. The van der Waals surface area contributed by atoms with E-state index in [1.807, 2.05) is 0 Å². The number of hydrogen-bond donors (Lipinski definition) is 0. The molecule has 0 spiro atoms. The van der Waals surface area contributed by atoms with E-state index >= 15 is 0 Å². The van der Waals surface area contributed by atoms with Crippen molar-refractivity contribution in [3.63, 3.8) is 0 Å². The van der Waals surface area contributed by atoms with E-state index in [4.69, 9.17) is 25.4 Å². The molecule has 0 aromatic rings. The SMILES string of the molecule is COC(=O)/C=C(/C)OP(=S)(OC)OC. The number of rotatable bonds is 5. The molecule has 0 aromatic carbocycles. The Morgan fingerprint density at radius 3 is 2.14 bits per heavy atom. The summed E-state index contributed by atoms with van der Waals surface area (Å²) >= 11 is 4.92. The van der Waals surface area contributed by atoms with Crippen LogP contribution >= 0.6 is 6.72 Å². The number of methoxy groups -OCH3 is 1. The lowest BCUT2D eigenvalue weighted by Gasteiger charge is -2.18. The van der Waals surface area contributed by atoms with E-state index in [0.29, 0.717) is 5.76 Å². The first-order valence-electron chi connectivity index (χ1n) is 3.64. The van der Waals surface area contributed by atoms with Gasteiger partial charge in [-0.2, -0.15) is 0 Å². The van der Waals surface area contributed by atoms with Crippen LogP contribution in [0.1, 0.15) is 6.92 Å². The summed E-state index contributed by atoms with van der Waals surface area (Å²) in [5, 5.41) is 0. The molecule has 14 heavy (non-hydrogen) atoms. The molecule has 82 valence electrons. The third-order valence-electron chi connectivity index (χ3n) is 1.23. The molecule has 5 nitrogen and oxygen atoms in total. The van der Waals surface area contributed by atoms with Gasteiger partial charge in [0.15, 0.2) is 0 Å². The molecule has 0 amide bonds. The average molecular weight is 240 g/mol. The molecule has 0 atom stereocenters. The second-order valence-electron chi connectivity index (χ2n) is 2.18. The molecular formula is C7H13O5PS. The van der Waals surface area contributed by atoms with Crippen molar-refractivity contribution in [2.45, 2.75) is 6.92 Å². The lowest BCUT2D eigenvalue weighted by Crippen LogP contribution is -1.99. The highest BCUT2D eigenvalue weighted by Crippen LogP contribution is 2.49. The van der Waals surface area contributed by atoms with Crippen LogP contribution in [-0.2, 0) is 34.9 Å². The van der Waals surface area contributed by atoms with Gasteiger partial charge >= 0.3 is 12.7 Å². The van der Waals surface area contributed by atoms with Crippen molar-refractivity contribution >= 4 is 24.5 Å². The van der Waals surface area contributed by atoms with Gasteiger partial charge in [-0.1, -0.05) is 0 Å². The molecule has 0 bridgehead atoms. The predicted octanol–water partition coefficient (Wildman–Crippen LogP) is 1.60. The molecule has 0 heterocycles. The molecule has 0 saturated heterocycles. The first-order valence-corrected chi connectivity index (χ1v) is 6.20. The van der Waals surface area contributed by atoms with Gasteiger partial charge in [-0.15, -0.1) is 0 Å². The van der Waals surface area contributed by atoms with Gasteiger partial charge in [0.25, 0.3) is 0 Å². The molecule has 0 aliphatic rings. The molecule has 0 fully saturated rings. The zero-order valence-electron chi connectivity index (χ0n) is 8.47.